The minimum Gasteiger partial charge on any atom is -0.329 e. The van der Waals surface area contributed by atoms with Gasteiger partial charge in [-0.3, -0.25) is 14.6 Å². The fourth-order valence-electron chi connectivity index (χ4n) is 2.59. The minimum absolute atomic E-state index is 0.0198. The number of rotatable bonds is 4. The van der Waals surface area contributed by atoms with E-state index >= 15 is 0 Å². The van der Waals surface area contributed by atoms with Gasteiger partial charge >= 0.3 is 0 Å². The van der Waals surface area contributed by atoms with E-state index in [0.717, 1.165) is 5.56 Å². The van der Waals surface area contributed by atoms with Crippen molar-refractivity contribution in [3.8, 4) is 17.3 Å². The highest BCUT2D eigenvalue weighted by Crippen LogP contribution is 2.25. The van der Waals surface area contributed by atoms with Gasteiger partial charge in [0.05, 0.1) is 18.4 Å². The summed E-state index contributed by atoms with van der Waals surface area (Å²) in [6, 6.07) is 2.04. The van der Waals surface area contributed by atoms with E-state index in [1.165, 1.54) is 10.7 Å². The van der Waals surface area contributed by atoms with E-state index in [9.17, 15) is 10.1 Å². The van der Waals surface area contributed by atoms with E-state index in [0.29, 0.717) is 35.6 Å². The van der Waals surface area contributed by atoms with Gasteiger partial charge in [-0.05, 0) is 5.92 Å². The lowest BCUT2D eigenvalue weighted by Crippen LogP contribution is -2.22. The first-order valence-electron chi connectivity index (χ1n) is 7.33. The molecule has 23 heavy (non-hydrogen) atoms. The Morgan fingerprint density at radius 1 is 1.48 bits per heavy atom. The Hall–Kier alpha value is -2.92. The third-order valence-corrected chi connectivity index (χ3v) is 3.66. The number of hydrogen-bond acceptors (Lipinski definition) is 5. The molecule has 0 atom stereocenters. The predicted molar refractivity (Wildman–Crippen MR) is 84.9 cm³/mol. The smallest absolute Gasteiger partial charge is 0.276 e. The van der Waals surface area contributed by atoms with Crippen LogP contribution >= 0.6 is 0 Å². The van der Waals surface area contributed by atoms with E-state index in [1.807, 2.05) is 26.1 Å². The molecule has 0 spiro atoms. The standard InChI is InChI=1S/C15H17N7O/c1-9(2)12-13(11-7-18-21(8-11)4-3-16)20-14-10(5-17)6-19-22(14)15(12)23/h6-9,19H,3-4,16H2,1-2H3. The quantitative estimate of drug-likeness (QED) is 0.740. The first kappa shape index (κ1) is 15.0. The van der Waals surface area contributed by atoms with Crippen LogP contribution in [0.3, 0.4) is 0 Å². The van der Waals surface area contributed by atoms with Crippen LogP contribution in [0.5, 0.6) is 0 Å². The SMILES string of the molecule is CC(C)c1c(-c2cnn(CCN)c2)nc2c(C#N)c[nH]n2c1=O. The van der Waals surface area contributed by atoms with Crippen LogP contribution in [0.1, 0.15) is 30.9 Å². The molecule has 8 heteroatoms. The van der Waals surface area contributed by atoms with Crippen molar-refractivity contribution in [2.24, 2.45) is 5.73 Å². The van der Waals surface area contributed by atoms with E-state index in [1.54, 1.807) is 10.9 Å². The second-order valence-electron chi connectivity index (χ2n) is 5.57. The molecule has 3 N–H and O–H groups in total. The van der Waals surface area contributed by atoms with Crippen LogP contribution in [-0.4, -0.2) is 30.9 Å². The summed E-state index contributed by atoms with van der Waals surface area (Å²) in [5.74, 6) is -0.0198. The van der Waals surface area contributed by atoms with Crippen LogP contribution in [0.25, 0.3) is 16.9 Å². The molecule has 3 heterocycles. The molecular formula is C15H17N7O. The maximum Gasteiger partial charge on any atom is 0.276 e. The second kappa shape index (κ2) is 5.70. The van der Waals surface area contributed by atoms with Crippen LogP contribution in [0.2, 0.25) is 0 Å². The fraction of sp³-hybridized carbons (Fsp3) is 0.333. The van der Waals surface area contributed by atoms with Gasteiger partial charge in [0.1, 0.15) is 11.6 Å². The number of aromatic nitrogens is 5. The third-order valence-electron chi connectivity index (χ3n) is 3.66. The number of hydrogen-bond donors (Lipinski definition) is 2. The summed E-state index contributed by atoms with van der Waals surface area (Å²) >= 11 is 0. The molecule has 0 aromatic carbocycles. The first-order chi connectivity index (χ1) is 11.1. The molecule has 0 fully saturated rings. The molecule has 0 unspecified atom stereocenters. The van der Waals surface area contributed by atoms with Crippen molar-refractivity contribution in [1.82, 2.24) is 24.4 Å². The van der Waals surface area contributed by atoms with Crippen LogP contribution in [-0.2, 0) is 6.54 Å². The largest absolute Gasteiger partial charge is 0.329 e. The highest BCUT2D eigenvalue weighted by molar-refractivity contribution is 5.67. The lowest BCUT2D eigenvalue weighted by Gasteiger charge is -2.10. The molecule has 118 valence electrons. The zero-order chi connectivity index (χ0) is 16.6. The lowest BCUT2D eigenvalue weighted by molar-refractivity contribution is 0.625. The topological polar surface area (TPSA) is 118 Å². The Morgan fingerprint density at radius 3 is 2.91 bits per heavy atom. The van der Waals surface area contributed by atoms with Gasteiger partial charge in [0.25, 0.3) is 5.56 Å². The van der Waals surface area contributed by atoms with Gasteiger partial charge in [0.2, 0.25) is 0 Å². The van der Waals surface area contributed by atoms with Gasteiger partial charge in [-0.2, -0.15) is 10.4 Å². The third kappa shape index (κ3) is 2.41. The molecule has 3 rings (SSSR count). The van der Waals surface area contributed by atoms with Crippen molar-refractivity contribution in [3.63, 3.8) is 0 Å². The molecule has 0 saturated heterocycles. The minimum atomic E-state index is -0.201. The molecule has 3 aromatic heterocycles. The zero-order valence-electron chi connectivity index (χ0n) is 12.9. The van der Waals surface area contributed by atoms with Crippen molar-refractivity contribution >= 4 is 5.65 Å². The van der Waals surface area contributed by atoms with Gasteiger partial charge in [-0.1, -0.05) is 13.8 Å². The van der Waals surface area contributed by atoms with Crippen LogP contribution in [0.4, 0.5) is 0 Å². The number of nitrogens with one attached hydrogen (secondary N) is 1. The Bertz CT molecular complexity index is 955. The van der Waals surface area contributed by atoms with Gasteiger partial charge in [-0.15, -0.1) is 0 Å². The first-order valence-corrected chi connectivity index (χ1v) is 7.33. The Balaban J connectivity index is 2.30. The van der Waals surface area contributed by atoms with Gasteiger partial charge in [0, 0.05) is 30.1 Å². The van der Waals surface area contributed by atoms with Gasteiger partial charge in [0.15, 0.2) is 5.65 Å². The molecule has 3 aromatic rings. The molecule has 0 aliphatic carbocycles. The monoisotopic (exact) mass is 311 g/mol. The highest BCUT2D eigenvalue weighted by atomic mass is 16.1. The van der Waals surface area contributed by atoms with E-state index in [4.69, 9.17) is 5.73 Å². The number of nitrogens with zero attached hydrogens (tertiary/aromatic N) is 5. The number of aromatic amines is 1. The molecular weight excluding hydrogens is 294 g/mol. The maximum atomic E-state index is 12.8. The Labute approximate surface area is 132 Å². The normalized spacial score (nSPS) is 11.3. The fourth-order valence-corrected chi connectivity index (χ4v) is 2.59. The van der Waals surface area contributed by atoms with Crippen molar-refractivity contribution in [3.05, 3.63) is 40.1 Å². The van der Waals surface area contributed by atoms with E-state index < -0.39 is 0 Å². The number of H-pyrrole nitrogens is 1. The average molecular weight is 311 g/mol. The molecule has 0 aliphatic rings. The summed E-state index contributed by atoms with van der Waals surface area (Å²) < 4.78 is 3.02. The Morgan fingerprint density at radius 2 is 2.26 bits per heavy atom. The number of nitriles is 1. The summed E-state index contributed by atoms with van der Waals surface area (Å²) in [6.07, 6.45) is 4.96. The molecule has 8 nitrogen and oxygen atoms in total. The van der Waals surface area contributed by atoms with Crippen molar-refractivity contribution in [2.75, 3.05) is 6.54 Å². The summed E-state index contributed by atoms with van der Waals surface area (Å²) in [5.41, 5.74) is 7.87. The van der Waals surface area contributed by atoms with Gasteiger partial charge < -0.3 is 5.73 Å². The van der Waals surface area contributed by atoms with Crippen molar-refractivity contribution < 1.29 is 0 Å². The lowest BCUT2D eigenvalue weighted by atomic mass is 10.00. The van der Waals surface area contributed by atoms with Crippen LogP contribution < -0.4 is 11.3 Å². The summed E-state index contributed by atoms with van der Waals surface area (Å²) in [6.45, 7) is 4.94. The molecule has 0 amide bonds. The summed E-state index contributed by atoms with van der Waals surface area (Å²) in [4.78, 5) is 17.3. The van der Waals surface area contributed by atoms with E-state index in [2.05, 4.69) is 15.2 Å². The molecule has 0 radical (unpaired) electrons. The summed E-state index contributed by atoms with van der Waals surface area (Å²) in [7, 11) is 0. The molecule has 0 saturated carbocycles. The van der Waals surface area contributed by atoms with Crippen LogP contribution in [0.15, 0.2) is 23.4 Å². The zero-order valence-corrected chi connectivity index (χ0v) is 12.9. The second-order valence-corrected chi connectivity index (χ2v) is 5.57. The van der Waals surface area contributed by atoms with Gasteiger partial charge in [-0.25, -0.2) is 9.50 Å². The number of fused-ring (bicyclic) bond motifs is 1. The number of nitrogens with two attached hydrogens (primary N) is 1. The predicted octanol–water partition coefficient (Wildman–Crippen LogP) is 0.840. The van der Waals surface area contributed by atoms with Crippen LogP contribution in [0, 0.1) is 11.3 Å². The molecule has 0 aliphatic heterocycles. The maximum absolute atomic E-state index is 12.8. The van der Waals surface area contributed by atoms with E-state index in [-0.39, 0.29) is 11.5 Å². The van der Waals surface area contributed by atoms with Crippen molar-refractivity contribution in [2.45, 2.75) is 26.3 Å². The highest BCUT2D eigenvalue weighted by Gasteiger charge is 2.20. The Kier molecular flexibility index (Phi) is 3.72. The average Bonchev–Trinajstić information content (AvgIpc) is 3.13. The summed E-state index contributed by atoms with van der Waals surface area (Å²) in [5, 5.41) is 16.2. The molecule has 0 bridgehead atoms. The van der Waals surface area contributed by atoms with Crippen molar-refractivity contribution in [1.29, 1.82) is 5.26 Å².